The first-order chi connectivity index (χ1) is 22.6. The molecule has 6 heteroatoms. The molecular weight excluding hydrogens is 603 g/mol. The van der Waals surface area contributed by atoms with Gasteiger partial charge in [0.15, 0.2) is 12.7 Å². The van der Waals surface area contributed by atoms with E-state index in [9.17, 15) is 0 Å². The Labute approximate surface area is 269 Å². The second-order valence-corrected chi connectivity index (χ2v) is 15.2. The van der Waals surface area contributed by atoms with Crippen LogP contribution in [0.15, 0.2) is 156 Å². The molecule has 0 bridgehead atoms. The molecule has 1 atom stereocenters. The summed E-state index contributed by atoms with van der Waals surface area (Å²) in [6.45, 7) is 0. The summed E-state index contributed by atoms with van der Waals surface area (Å²) in [5.74, 6) is 0.542. The van der Waals surface area contributed by atoms with Crippen LogP contribution < -0.4 is 15.9 Å². The lowest BCUT2D eigenvalue weighted by Gasteiger charge is -2.21. The number of thiazole rings is 1. The molecule has 46 heavy (non-hydrogen) atoms. The quantitative estimate of drug-likeness (QED) is 0.141. The summed E-state index contributed by atoms with van der Waals surface area (Å²) in [5.41, 5.74) is 4.38. The summed E-state index contributed by atoms with van der Waals surface area (Å²) in [5, 5.41) is 7.83. The number of hydrogen-bond acceptors (Lipinski definition) is 5. The molecule has 2 aromatic heterocycles. The predicted octanol–water partition coefficient (Wildman–Crippen LogP) is 9.72. The van der Waals surface area contributed by atoms with Crippen molar-refractivity contribution in [2.24, 2.45) is 0 Å². The molecule has 218 valence electrons. The van der Waals surface area contributed by atoms with Gasteiger partial charge >= 0.3 is 0 Å². The molecule has 0 spiro atoms. The van der Waals surface area contributed by atoms with Crippen LogP contribution in [0.5, 0.6) is 0 Å². The Morgan fingerprint density at radius 3 is 1.93 bits per heavy atom. The van der Waals surface area contributed by atoms with E-state index in [1.807, 2.05) is 97.1 Å². The first-order valence-electron chi connectivity index (χ1n) is 15.1. The highest BCUT2D eigenvalue weighted by atomic mass is 32.1. The maximum Gasteiger partial charge on any atom is 0.227 e. The third-order valence-corrected chi connectivity index (χ3v) is 12.8. The Bertz CT molecular complexity index is 2430. The molecule has 0 aliphatic carbocycles. The fourth-order valence-electron chi connectivity index (χ4n) is 6.26. The van der Waals surface area contributed by atoms with Gasteiger partial charge in [-0.2, -0.15) is 0 Å². The van der Waals surface area contributed by atoms with Crippen LogP contribution in [0.1, 0.15) is 0 Å². The van der Waals surface area contributed by atoms with Gasteiger partial charge in [-0.15, -0.1) is 11.3 Å². The third kappa shape index (κ3) is 4.40. The van der Waals surface area contributed by atoms with Crippen LogP contribution in [0.2, 0.25) is 0 Å². The van der Waals surface area contributed by atoms with E-state index in [-0.39, 0.29) is 0 Å². The van der Waals surface area contributed by atoms with Gasteiger partial charge in [-0.1, -0.05) is 109 Å². The summed E-state index contributed by atoms with van der Waals surface area (Å²) in [6.07, 6.45) is 0. The summed E-state index contributed by atoms with van der Waals surface area (Å²) < 4.78 is 22.8. The number of rotatable bonds is 5. The van der Waals surface area contributed by atoms with E-state index in [0.29, 0.717) is 5.89 Å². The zero-order chi connectivity index (χ0) is 30.7. The maximum absolute atomic E-state index is 15.7. The number of oxazole rings is 1. The number of benzene rings is 7. The second-order valence-electron chi connectivity index (χ2n) is 11.4. The lowest BCUT2D eigenvalue weighted by atomic mass is 10.0. The van der Waals surface area contributed by atoms with Gasteiger partial charge in [0.2, 0.25) is 5.89 Å². The van der Waals surface area contributed by atoms with Crippen molar-refractivity contribution >= 4 is 77.3 Å². The maximum atomic E-state index is 15.7. The van der Waals surface area contributed by atoms with Crippen LogP contribution in [0, 0.1) is 0 Å². The highest BCUT2D eigenvalue weighted by molar-refractivity contribution is 7.85. The fourth-order valence-corrected chi connectivity index (χ4v) is 9.87. The molecule has 4 nitrogen and oxygen atoms in total. The average molecular weight is 629 g/mol. The highest BCUT2D eigenvalue weighted by Crippen LogP contribution is 2.44. The van der Waals surface area contributed by atoms with E-state index in [2.05, 4.69) is 59.6 Å². The zero-order valence-corrected chi connectivity index (χ0v) is 26.2. The standard InChI is InChI=1S/C40H25N2O2PS/c43-45(32-23-24-34-29(25-32)14-13-26-7-1-2-8-33(26)34,30-19-15-27(16-20-30)39-41-35-9-3-5-11-37(35)44-39)31-21-17-28(18-22-31)40-42-36-10-4-6-12-38(36)46-40/h1-25H. The van der Waals surface area contributed by atoms with Gasteiger partial charge in [0.05, 0.1) is 10.2 Å². The average Bonchev–Trinajstić information content (AvgIpc) is 3.76. The Balaban J connectivity index is 1.18. The van der Waals surface area contributed by atoms with Gasteiger partial charge < -0.3 is 8.98 Å². The Morgan fingerprint density at radius 1 is 0.522 bits per heavy atom. The van der Waals surface area contributed by atoms with Gasteiger partial charge in [0.1, 0.15) is 10.5 Å². The number of nitrogens with zero attached hydrogens (tertiary/aromatic N) is 2. The number of fused-ring (bicyclic) bond motifs is 5. The Kier molecular flexibility index (Phi) is 6.24. The highest BCUT2D eigenvalue weighted by Gasteiger charge is 2.30. The topological polar surface area (TPSA) is 56.0 Å². The van der Waals surface area contributed by atoms with Crippen molar-refractivity contribution in [3.63, 3.8) is 0 Å². The molecule has 9 rings (SSSR count). The van der Waals surface area contributed by atoms with Crippen molar-refractivity contribution in [2.75, 3.05) is 0 Å². The van der Waals surface area contributed by atoms with Crippen molar-refractivity contribution < 1.29 is 8.98 Å². The van der Waals surface area contributed by atoms with Crippen LogP contribution in [0.25, 0.3) is 64.9 Å². The number of aromatic nitrogens is 2. The molecule has 0 saturated carbocycles. The van der Waals surface area contributed by atoms with Gasteiger partial charge in [-0.05, 0) is 64.0 Å². The number of hydrogen-bond donors (Lipinski definition) is 0. The second kappa shape index (κ2) is 10.6. The third-order valence-electron chi connectivity index (χ3n) is 8.64. The Hall–Kier alpha value is -5.35. The molecule has 0 aliphatic heterocycles. The van der Waals surface area contributed by atoms with E-state index < -0.39 is 7.14 Å². The van der Waals surface area contributed by atoms with Crippen LogP contribution in [-0.2, 0) is 4.57 Å². The Morgan fingerprint density at radius 2 is 1.15 bits per heavy atom. The first kappa shape index (κ1) is 27.0. The molecule has 0 radical (unpaired) electrons. The lowest BCUT2D eigenvalue weighted by Crippen LogP contribution is -2.25. The zero-order valence-electron chi connectivity index (χ0n) is 24.5. The minimum absolute atomic E-state index is 0.542. The molecule has 0 N–H and O–H groups in total. The van der Waals surface area contributed by atoms with Crippen molar-refractivity contribution in [3.05, 3.63) is 152 Å². The van der Waals surface area contributed by atoms with E-state index in [1.54, 1.807) is 11.3 Å². The molecule has 1 unspecified atom stereocenters. The number of para-hydroxylation sites is 3. The predicted molar refractivity (Wildman–Crippen MR) is 192 cm³/mol. The molecule has 0 aliphatic rings. The van der Waals surface area contributed by atoms with Gasteiger partial charge in [0.25, 0.3) is 0 Å². The summed E-state index contributed by atoms with van der Waals surface area (Å²) in [6, 6.07) is 50.7. The lowest BCUT2D eigenvalue weighted by molar-refractivity contribution is 0.592. The molecule has 7 aromatic carbocycles. The van der Waals surface area contributed by atoms with Crippen molar-refractivity contribution in [3.8, 4) is 22.0 Å². The van der Waals surface area contributed by atoms with Crippen molar-refractivity contribution in [1.82, 2.24) is 9.97 Å². The summed E-state index contributed by atoms with van der Waals surface area (Å²) in [7, 11) is -3.29. The fraction of sp³-hybridized carbons (Fsp3) is 0. The van der Waals surface area contributed by atoms with E-state index in [0.717, 1.165) is 64.1 Å². The smallest absolute Gasteiger partial charge is 0.227 e. The largest absolute Gasteiger partial charge is 0.436 e. The molecule has 0 saturated heterocycles. The normalized spacial score (nSPS) is 13.0. The van der Waals surface area contributed by atoms with Gasteiger partial charge in [-0.3, -0.25) is 0 Å². The minimum Gasteiger partial charge on any atom is -0.436 e. The SMILES string of the molecule is O=P(c1ccc(-c2nc3ccccc3o2)cc1)(c1ccc(-c2nc3ccccc3s2)cc1)c1ccc2c(ccc3ccccc32)c1. The minimum atomic E-state index is -3.29. The van der Waals surface area contributed by atoms with Gasteiger partial charge in [0, 0.05) is 27.0 Å². The van der Waals surface area contributed by atoms with Crippen LogP contribution in [0.4, 0.5) is 0 Å². The van der Waals surface area contributed by atoms with Crippen molar-refractivity contribution in [2.45, 2.75) is 0 Å². The molecule has 2 heterocycles. The molecule has 9 aromatic rings. The first-order valence-corrected chi connectivity index (χ1v) is 17.6. The molecule has 0 amide bonds. The van der Waals surface area contributed by atoms with Crippen molar-refractivity contribution in [1.29, 1.82) is 0 Å². The van der Waals surface area contributed by atoms with Crippen LogP contribution >= 0.6 is 18.5 Å². The monoisotopic (exact) mass is 628 g/mol. The molecular formula is C40H25N2O2PS. The van der Waals surface area contributed by atoms with Gasteiger partial charge in [-0.25, -0.2) is 9.97 Å². The van der Waals surface area contributed by atoms with Crippen LogP contribution in [-0.4, -0.2) is 9.97 Å². The van der Waals surface area contributed by atoms with E-state index in [1.165, 1.54) is 10.8 Å². The summed E-state index contributed by atoms with van der Waals surface area (Å²) in [4.78, 5) is 9.50. The van der Waals surface area contributed by atoms with E-state index >= 15 is 4.57 Å². The van der Waals surface area contributed by atoms with E-state index in [4.69, 9.17) is 9.40 Å². The van der Waals surface area contributed by atoms with Crippen LogP contribution in [0.3, 0.4) is 0 Å². The summed E-state index contributed by atoms with van der Waals surface area (Å²) >= 11 is 1.66. The molecule has 0 fully saturated rings.